The number of nitrogens with two attached hydrogens (primary N) is 2. The van der Waals surface area contributed by atoms with Crippen LogP contribution in [0.1, 0.15) is 16.9 Å². The fourth-order valence-electron chi connectivity index (χ4n) is 0.980. The molecule has 4 N–H and O–H groups in total. The molecule has 1 aromatic heterocycles. The van der Waals surface area contributed by atoms with E-state index in [1.165, 1.54) is 4.68 Å². The maximum Gasteiger partial charge on any atom is 0.248 e. The lowest BCUT2D eigenvalue weighted by atomic mass is 10.4. The van der Waals surface area contributed by atoms with Gasteiger partial charge in [-0.15, -0.1) is 5.10 Å². The first-order chi connectivity index (χ1) is 5.65. The molecule has 1 heterocycles. The minimum atomic E-state index is -0.119. The van der Waals surface area contributed by atoms with Gasteiger partial charge in [0.15, 0.2) is 0 Å². The quantitative estimate of drug-likeness (QED) is 0.638. The lowest BCUT2D eigenvalue weighted by Gasteiger charge is -1.99. The first-order valence-corrected chi connectivity index (χ1v) is 3.70. The molecule has 1 rings (SSSR count). The van der Waals surface area contributed by atoms with E-state index in [0.717, 1.165) is 5.69 Å². The van der Waals surface area contributed by atoms with Crippen LogP contribution >= 0.6 is 0 Å². The van der Waals surface area contributed by atoms with Crippen LogP contribution in [0, 0.1) is 6.92 Å². The molecule has 5 heteroatoms. The van der Waals surface area contributed by atoms with Gasteiger partial charge in [0, 0.05) is 24.7 Å². The summed E-state index contributed by atoms with van der Waals surface area (Å²) in [6.07, 6.45) is 0.294. The summed E-state index contributed by atoms with van der Waals surface area (Å²) >= 11 is 0. The smallest absolute Gasteiger partial charge is 0.248 e. The van der Waals surface area contributed by atoms with E-state index in [2.05, 4.69) is 5.10 Å². The van der Waals surface area contributed by atoms with Crippen LogP contribution in [0.5, 0.6) is 0 Å². The van der Waals surface area contributed by atoms with Crippen molar-refractivity contribution in [2.75, 3.05) is 12.3 Å². The van der Waals surface area contributed by atoms with Crippen molar-refractivity contribution < 1.29 is 4.79 Å². The van der Waals surface area contributed by atoms with Crippen molar-refractivity contribution in [1.29, 1.82) is 0 Å². The molecular weight excluding hydrogens is 156 g/mol. The summed E-state index contributed by atoms with van der Waals surface area (Å²) < 4.78 is 1.28. The number of nitrogens with zero attached hydrogens (tertiary/aromatic N) is 2. The molecule has 0 saturated heterocycles. The summed E-state index contributed by atoms with van der Waals surface area (Å²) in [5.74, 6) is 0.240. The average molecular weight is 168 g/mol. The van der Waals surface area contributed by atoms with Crippen LogP contribution in [0.15, 0.2) is 6.07 Å². The SMILES string of the molecule is Cc1cc(N)nn1C(=O)CCN. The van der Waals surface area contributed by atoms with Crippen LogP contribution in [0.4, 0.5) is 5.82 Å². The van der Waals surface area contributed by atoms with Gasteiger partial charge in [0.1, 0.15) is 5.82 Å². The molecule has 0 fully saturated rings. The fourth-order valence-corrected chi connectivity index (χ4v) is 0.980. The molecule has 0 aromatic carbocycles. The Hall–Kier alpha value is -1.36. The van der Waals surface area contributed by atoms with E-state index in [4.69, 9.17) is 11.5 Å². The lowest BCUT2D eigenvalue weighted by molar-refractivity contribution is 0.0888. The van der Waals surface area contributed by atoms with Gasteiger partial charge in [0.2, 0.25) is 5.91 Å². The van der Waals surface area contributed by atoms with Gasteiger partial charge in [-0.25, -0.2) is 4.68 Å². The van der Waals surface area contributed by atoms with Crippen molar-refractivity contribution in [2.24, 2.45) is 5.73 Å². The maximum absolute atomic E-state index is 11.2. The third-order valence-electron chi connectivity index (χ3n) is 1.50. The molecule has 0 aliphatic heterocycles. The molecule has 0 atom stereocenters. The van der Waals surface area contributed by atoms with Gasteiger partial charge >= 0.3 is 0 Å². The van der Waals surface area contributed by atoms with E-state index in [1.807, 2.05) is 0 Å². The number of anilines is 1. The van der Waals surface area contributed by atoms with Crippen LogP contribution in [-0.2, 0) is 0 Å². The second kappa shape index (κ2) is 3.36. The molecule has 0 unspecified atom stereocenters. The fraction of sp³-hybridized carbons (Fsp3) is 0.429. The summed E-state index contributed by atoms with van der Waals surface area (Å²) in [6, 6.07) is 1.65. The lowest BCUT2D eigenvalue weighted by Crippen LogP contribution is -2.17. The molecule has 0 amide bonds. The summed E-state index contributed by atoms with van der Waals surface area (Å²) in [6.45, 7) is 2.11. The van der Waals surface area contributed by atoms with Crippen molar-refractivity contribution in [2.45, 2.75) is 13.3 Å². The molecule has 66 valence electrons. The molecule has 0 aliphatic carbocycles. The largest absolute Gasteiger partial charge is 0.382 e. The Morgan fingerprint density at radius 1 is 1.75 bits per heavy atom. The molecule has 0 saturated carbocycles. The Morgan fingerprint density at radius 3 is 2.83 bits per heavy atom. The molecule has 12 heavy (non-hydrogen) atoms. The molecular formula is C7H12N4O. The highest BCUT2D eigenvalue weighted by Gasteiger charge is 2.08. The Bertz CT molecular complexity index is 292. The third kappa shape index (κ3) is 1.62. The minimum absolute atomic E-state index is 0.119. The number of nitrogen functional groups attached to an aromatic ring is 1. The summed E-state index contributed by atoms with van der Waals surface area (Å²) in [4.78, 5) is 11.2. The normalized spacial score (nSPS) is 10.2. The van der Waals surface area contributed by atoms with Gasteiger partial charge in [-0.2, -0.15) is 0 Å². The number of aryl methyl sites for hydroxylation is 1. The number of carbonyl (C=O) groups excluding carboxylic acids is 1. The van der Waals surface area contributed by atoms with E-state index in [-0.39, 0.29) is 5.91 Å². The molecule has 0 spiro atoms. The Morgan fingerprint density at radius 2 is 2.42 bits per heavy atom. The Labute approximate surface area is 70.3 Å². The van der Waals surface area contributed by atoms with E-state index in [0.29, 0.717) is 18.8 Å². The van der Waals surface area contributed by atoms with E-state index in [1.54, 1.807) is 13.0 Å². The van der Waals surface area contributed by atoms with Crippen LogP contribution in [0.3, 0.4) is 0 Å². The Kier molecular flexibility index (Phi) is 2.44. The predicted octanol–water partition coefficient (Wildman–Crippen LogP) is -0.237. The number of hydrogen-bond donors (Lipinski definition) is 2. The maximum atomic E-state index is 11.2. The number of rotatable bonds is 2. The van der Waals surface area contributed by atoms with Crippen molar-refractivity contribution in [1.82, 2.24) is 9.78 Å². The summed E-state index contributed by atoms with van der Waals surface area (Å²) in [7, 11) is 0. The van der Waals surface area contributed by atoms with Crippen molar-refractivity contribution >= 4 is 11.7 Å². The highest BCUT2D eigenvalue weighted by molar-refractivity contribution is 5.79. The van der Waals surface area contributed by atoms with Gasteiger partial charge < -0.3 is 11.5 Å². The molecule has 0 bridgehead atoms. The number of aromatic nitrogens is 2. The number of carbonyl (C=O) groups is 1. The first kappa shape index (κ1) is 8.73. The zero-order valence-corrected chi connectivity index (χ0v) is 6.95. The van der Waals surface area contributed by atoms with E-state index in [9.17, 15) is 4.79 Å². The van der Waals surface area contributed by atoms with Crippen molar-refractivity contribution in [3.63, 3.8) is 0 Å². The summed E-state index contributed by atoms with van der Waals surface area (Å²) in [5, 5.41) is 3.82. The zero-order chi connectivity index (χ0) is 9.14. The predicted molar refractivity (Wildman–Crippen MR) is 45.7 cm³/mol. The van der Waals surface area contributed by atoms with Gasteiger partial charge in [-0.3, -0.25) is 4.79 Å². The zero-order valence-electron chi connectivity index (χ0n) is 6.95. The first-order valence-electron chi connectivity index (χ1n) is 3.70. The van der Waals surface area contributed by atoms with Crippen molar-refractivity contribution in [3.8, 4) is 0 Å². The second-order valence-corrected chi connectivity index (χ2v) is 2.55. The Balaban J connectivity index is 2.87. The molecule has 0 radical (unpaired) electrons. The van der Waals surface area contributed by atoms with Crippen LogP contribution < -0.4 is 11.5 Å². The third-order valence-corrected chi connectivity index (χ3v) is 1.50. The van der Waals surface area contributed by atoms with Crippen LogP contribution in [-0.4, -0.2) is 22.2 Å². The number of hydrogen-bond acceptors (Lipinski definition) is 4. The topological polar surface area (TPSA) is 86.9 Å². The summed E-state index contributed by atoms with van der Waals surface area (Å²) in [5.41, 5.74) is 11.4. The molecule has 5 nitrogen and oxygen atoms in total. The second-order valence-electron chi connectivity index (χ2n) is 2.55. The van der Waals surface area contributed by atoms with Gasteiger partial charge in [0.05, 0.1) is 0 Å². The minimum Gasteiger partial charge on any atom is -0.382 e. The van der Waals surface area contributed by atoms with Gasteiger partial charge in [-0.05, 0) is 6.92 Å². The van der Waals surface area contributed by atoms with Crippen molar-refractivity contribution in [3.05, 3.63) is 11.8 Å². The van der Waals surface area contributed by atoms with E-state index >= 15 is 0 Å². The van der Waals surface area contributed by atoms with Gasteiger partial charge in [-0.1, -0.05) is 0 Å². The highest BCUT2D eigenvalue weighted by Crippen LogP contribution is 2.04. The van der Waals surface area contributed by atoms with Crippen LogP contribution in [0.25, 0.3) is 0 Å². The standard InChI is InChI=1S/C7H12N4O/c1-5-4-6(9)10-11(5)7(12)2-3-8/h4H,2-3,8H2,1H3,(H2,9,10). The van der Waals surface area contributed by atoms with Gasteiger partial charge in [0.25, 0.3) is 0 Å². The van der Waals surface area contributed by atoms with Crippen LogP contribution in [0.2, 0.25) is 0 Å². The molecule has 1 aromatic rings. The van der Waals surface area contributed by atoms with E-state index < -0.39 is 0 Å². The average Bonchev–Trinajstić information content (AvgIpc) is 2.30. The molecule has 0 aliphatic rings. The monoisotopic (exact) mass is 168 g/mol. The highest BCUT2D eigenvalue weighted by atomic mass is 16.2.